The number of nitrogens with two attached hydrogens (primary N) is 1. The minimum Gasteiger partial charge on any atom is -0.390 e. The molecule has 15 heavy (non-hydrogen) atoms. The zero-order valence-electron chi connectivity index (χ0n) is 7.91. The van der Waals surface area contributed by atoms with E-state index in [0.29, 0.717) is 17.4 Å². The first-order valence-electron chi connectivity index (χ1n) is 4.59. The largest absolute Gasteiger partial charge is 0.390 e. The smallest absolute Gasteiger partial charge is 0.145 e. The molecular formula is C10H10BrFN2O. The van der Waals surface area contributed by atoms with Crippen molar-refractivity contribution in [2.24, 2.45) is 10.9 Å². The van der Waals surface area contributed by atoms with E-state index in [4.69, 9.17) is 10.6 Å². The summed E-state index contributed by atoms with van der Waals surface area (Å²) in [4.78, 5) is 5.09. The number of nitrogens with zero attached hydrogens (tertiary/aromatic N) is 1. The topological polar surface area (TPSA) is 47.6 Å². The van der Waals surface area contributed by atoms with Gasteiger partial charge in [-0.2, -0.15) is 0 Å². The Bertz CT molecular complexity index is 408. The van der Waals surface area contributed by atoms with Crippen molar-refractivity contribution in [2.75, 3.05) is 6.54 Å². The predicted molar refractivity (Wildman–Crippen MR) is 59.2 cm³/mol. The number of hydrogen-bond acceptors (Lipinski definition) is 3. The molecule has 0 fully saturated rings. The first-order chi connectivity index (χ1) is 7.20. The lowest BCUT2D eigenvalue weighted by Gasteiger charge is -2.02. The van der Waals surface area contributed by atoms with E-state index in [1.54, 1.807) is 12.1 Å². The van der Waals surface area contributed by atoms with Crippen molar-refractivity contribution < 1.29 is 9.23 Å². The van der Waals surface area contributed by atoms with Crippen LogP contribution in [0.5, 0.6) is 0 Å². The van der Waals surface area contributed by atoms with Crippen molar-refractivity contribution in [2.45, 2.75) is 12.5 Å². The quantitative estimate of drug-likeness (QED) is 0.896. The third kappa shape index (κ3) is 2.18. The predicted octanol–water partition coefficient (Wildman–Crippen LogP) is 2.04. The monoisotopic (exact) mass is 272 g/mol. The molecule has 0 aliphatic carbocycles. The van der Waals surface area contributed by atoms with Crippen LogP contribution in [0.3, 0.4) is 0 Å². The van der Waals surface area contributed by atoms with Gasteiger partial charge in [-0.3, -0.25) is 0 Å². The van der Waals surface area contributed by atoms with E-state index in [9.17, 15) is 4.39 Å². The number of hydrogen-bond donors (Lipinski definition) is 1. The molecule has 2 N–H and O–H groups in total. The molecule has 0 amide bonds. The van der Waals surface area contributed by atoms with Gasteiger partial charge in [-0.25, -0.2) is 4.39 Å². The third-order valence-electron chi connectivity index (χ3n) is 2.25. The Hall–Kier alpha value is -0.940. The molecular weight excluding hydrogens is 263 g/mol. The molecule has 0 saturated heterocycles. The molecule has 0 bridgehead atoms. The normalized spacial score (nSPS) is 19.9. The van der Waals surface area contributed by atoms with Gasteiger partial charge in [-0.15, -0.1) is 0 Å². The number of benzene rings is 1. The van der Waals surface area contributed by atoms with Gasteiger partial charge in [0.2, 0.25) is 0 Å². The van der Waals surface area contributed by atoms with Crippen LogP contribution in [0.2, 0.25) is 0 Å². The summed E-state index contributed by atoms with van der Waals surface area (Å²) in [5, 5.41) is 3.92. The standard InChI is InChI=1S/C10H10BrFN2O/c11-8-3-6(1-2-9(8)12)10-4-7(5-13)15-14-10/h1-3,7H,4-5,13H2. The molecule has 1 aliphatic heterocycles. The van der Waals surface area contributed by atoms with Gasteiger partial charge in [0.25, 0.3) is 0 Å². The summed E-state index contributed by atoms with van der Waals surface area (Å²) in [7, 11) is 0. The van der Waals surface area contributed by atoms with Crippen LogP contribution >= 0.6 is 15.9 Å². The fourth-order valence-corrected chi connectivity index (χ4v) is 1.78. The average Bonchev–Trinajstić information content (AvgIpc) is 2.70. The van der Waals surface area contributed by atoms with E-state index >= 15 is 0 Å². The molecule has 0 aromatic heterocycles. The van der Waals surface area contributed by atoms with Gasteiger partial charge in [-0.1, -0.05) is 11.2 Å². The molecule has 1 aromatic rings. The Morgan fingerprint density at radius 1 is 1.60 bits per heavy atom. The second-order valence-corrected chi connectivity index (χ2v) is 4.19. The van der Waals surface area contributed by atoms with Crippen LogP contribution in [-0.4, -0.2) is 18.4 Å². The summed E-state index contributed by atoms with van der Waals surface area (Å²) in [5.41, 5.74) is 7.13. The van der Waals surface area contributed by atoms with E-state index in [-0.39, 0.29) is 11.9 Å². The molecule has 1 heterocycles. The zero-order valence-corrected chi connectivity index (χ0v) is 9.50. The van der Waals surface area contributed by atoms with Gasteiger partial charge in [0.05, 0.1) is 10.2 Å². The summed E-state index contributed by atoms with van der Waals surface area (Å²) < 4.78 is 13.4. The lowest BCUT2D eigenvalue weighted by Crippen LogP contribution is -2.20. The highest BCUT2D eigenvalue weighted by Crippen LogP contribution is 2.21. The van der Waals surface area contributed by atoms with Gasteiger partial charge >= 0.3 is 0 Å². The van der Waals surface area contributed by atoms with E-state index in [1.165, 1.54) is 6.07 Å². The maximum Gasteiger partial charge on any atom is 0.145 e. The summed E-state index contributed by atoms with van der Waals surface area (Å²) in [6, 6.07) is 4.77. The van der Waals surface area contributed by atoms with Crippen LogP contribution in [0.25, 0.3) is 0 Å². The van der Waals surface area contributed by atoms with Gasteiger partial charge in [-0.05, 0) is 28.1 Å². The number of rotatable bonds is 2. The minimum atomic E-state index is -0.284. The highest BCUT2D eigenvalue weighted by atomic mass is 79.9. The highest BCUT2D eigenvalue weighted by Gasteiger charge is 2.20. The second-order valence-electron chi connectivity index (χ2n) is 3.33. The van der Waals surface area contributed by atoms with Crippen LogP contribution in [-0.2, 0) is 4.84 Å². The van der Waals surface area contributed by atoms with Gasteiger partial charge in [0, 0.05) is 18.5 Å². The van der Waals surface area contributed by atoms with Crippen LogP contribution in [0.4, 0.5) is 4.39 Å². The fourth-order valence-electron chi connectivity index (χ4n) is 1.40. The molecule has 3 nitrogen and oxygen atoms in total. The molecule has 1 aliphatic rings. The zero-order chi connectivity index (χ0) is 10.8. The lowest BCUT2D eigenvalue weighted by atomic mass is 10.1. The molecule has 80 valence electrons. The van der Waals surface area contributed by atoms with E-state index in [2.05, 4.69) is 21.1 Å². The minimum absolute atomic E-state index is 0.0520. The Morgan fingerprint density at radius 3 is 3.00 bits per heavy atom. The maximum absolute atomic E-state index is 13.0. The molecule has 1 aromatic carbocycles. The SMILES string of the molecule is NCC1CC(c2ccc(F)c(Br)c2)=NO1. The first-order valence-corrected chi connectivity index (χ1v) is 5.38. The average molecular weight is 273 g/mol. The van der Waals surface area contributed by atoms with E-state index < -0.39 is 0 Å². The van der Waals surface area contributed by atoms with Gasteiger partial charge < -0.3 is 10.6 Å². The molecule has 0 spiro atoms. The van der Waals surface area contributed by atoms with Crippen molar-refractivity contribution in [1.29, 1.82) is 0 Å². The third-order valence-corrected chi connectivity index (χ3v) is 2.86. The molecule has 1 unspecified atom stereocenters. The van der Waals surface area contributed by atoms with Crippen molar-refractivity contribution in [3.05, 3.63) is 34.1 Å². The van der Waals surface area contributed by atoms with E-state index in [0.717, 1.165) is 11.3 Å². The Labute approximate surface area is 95.2 Å². The Balaban J connectivity index is 2.21. The second kappa shape index (κ2) is 4.28. The van der Waals surface area contributed by atoms with Crippen molar-refractivity contribution in [1.82, 2.24) is 0 Å². The van der Waals surface area contributed by atoms with Crippen LogP contribution in [0.15, 0.2) is 27.8 Å². The Morgan fingerprint density at radius 2 is 2.40 bits per heavy atom. The van der Waals surface area contributed by atoms with Gasteiger partial charge in [0.15, 0.2) is 0 Å². The first kappa shape index (κ1) is 10.6. The molecule has 5 heteroatoms. The molecule has 0 saturated carbocycles. The van der Waals surface area contributed by atoms with Crippen LogP contribution in [0.1, 0.15) is 12.0 Å². The number of halogens is 2. The van der Waals surface area contributed by atoms with Crippen molar-refractivity contribution in [3.63, 3.8) is 0 Å². The Kier molecular flexibility index (Phi) is 3.02. The molecule has 0 radical (unpaired) electrons. The van der Waals surface area contributed by atoms with Gasteiger partial charge in [0.1, 0.15) is 11.9 Å². The van der Waals surface area contributed by atoms with Crippen molar-refractivity contribution >= 4 is 21.6 Å². The van der Waals surface area contributed by atoms with Crippen molar-refractivity contribution in [3.8, 4) is 0 Å². The van der Waals surface area contributed by atoms with E-state index in [1.807, 2.05) is 0 Å². The van der Waals surface area contributed by atoms with Crippen LogP contribution in [0, 0.1) is 5.82 Å². The summed E-state index contributed by atoms with van der Waals surface area (Å²) in [6.45, 7) is 0.440. The molecule has 1 atom stereocenters. The fraction of sp³-hybridized carbons (Fsp3) is 0.300. The summed E-state index contributed by atoms with van der Waals surface area (Å²) >= 11 is 3.13. The van der Waals surface area contributed by atoms with Crippen LogP contribution < -0.4 is 5.73 Å². The maximum atomic E-state index is 13.0. The summed E-state index contributed by atoms with van der Waals surface area (Å²) in [5.74, 6) is -0.284. The number of oxime groups is 1. The summed E-state index contributed by atoms with van der Waals surface area (Å²) in [6.07, 6.45) is 0.623. The lowest BCUT2D eigenvalue weighted by molar-refractivity contribution is 0.0918. The highest BCUT2D eigenvalue weighted by molar-refractivity contribution is 9.10. The molecule has 2 rings (SSSR count).